The summed E-state index contributed by atoms with van der Waals surface area (Å²) < 4.78 is 12.8. The molecule has 0 unspecified atom stereocenters. The van der Waals surface area contributed by atoms with Crippen molar-refractivity contribution in [2.45, 2.75) is 17.4 Å². The summed E-state index contributed by atoms with van der Waals surface area (Å²) in [6.45, 7) is 0.799. The van der Waals surface area contributed by atoms with E-state index in [1.807, 2.05) is 18.2 Å². The van der Waals surface area contributed by atoms with E-state index in [0.717, 1.165) is 24.2 Å². The van der Waals surface area contributed by atoms with E-state index in [9.17, 15) is 14.3 Å². The van der Waals surface area contributed by atoms with Gasteiger partial charge in [0.1, 0.15) is 4.90 Å². The molecule has 3 aromatic rings. The van der Waals surface area contributed by atoms with E-state index in [4.69, 9.17) is 0 Å². The average molecular weight is 355 g/mol. The molecule has 2 aromatic carbocycles. The zero-order chi connectivity index (χ0) is 17.4. The van der Waals surface area contributed by atoms with Gasteiger partial charge >= 0.3 is 0 Å². The molecule has 6 nitrogen and oxygen atoms in total. The molecule has 0 fully saturated rings. The minimum absolute atomic E-state index is 0.0893. The normalized spacial score (nSPS) is 18.0. The molecule has 0 saturated carbocycles. The topological polar surface area (TPSA) is 88.0 Å². The Bertz CT molecular complexity index is 983. The Kier molecular flexibility index (Phi) is 4.10. The first kappa shape index (κ1) is 16.0. The van der Waals surface area contributed by atoms with Crippen LogP contribution in [0.5, 0.6) is 0 Å². The zero-order valence-electron chi connectivity index (χ0n) is 13.4. The summed E-state index contributed by atoms with van der Waals surface area (Å²) in [7, 11) is -1.47. The van der Waals surface area contributed by atoms with Gasteiger partial charge < -0.3 is 10.3 Å². The van der Waals surface area contributed by atoms with Crippen LogP contribution >= 0.6 is 0 Å². The molecule has 1 aromatic heterocycles. The van der Waals surface area contributed by atoms with Crippen molar-refractivity contribution in [2.24, 2.45) is 0 Å². The van der Waals surface area contributed by atoms with Gasteiger partial charge in [-0.2, -0.15) is 0 Å². The Balaban J connectivity index is 1.67. The Morgan fingerprint density at radius 2 is 1.92 bits per heavy atom. The van der Waals surface area contributed by atoms with Crippen LogP contribution in [0.15, 0.2) is 53.4 Å². The van der Waals surface area contributed by atoms with Gasteiger partial charge in [-0.15, -0.1) is 0 Å². The molecule has 0 radical (unpaired) electrons. The highest BCUT2D eigenvalue weighted by Crippen LogP contribution is 2.32. The second-order valence-electron chi connectivity index (χ2n) is 6.06. The predicted molar refractivity (Wildman–Crippen MR) is 97.1 cm³/mol. The van der Waals surface area contributed by atoms with Crippen LogP contribution in [-0.2, 0) is 17.2 Å². The molecule has 7 heteroatoms. The van der Waals surface area contributed by atoms with Crippen molar-refractivity contribution in [3.63, 3.8) is 0 Å². The number of nitrogens with zero attached hydrogens (tertiary/aromatic N) is 1. The van der Waals surface area contributed by atoms with Crippen LogP contribution in [-0.4, -0.2) is 26.4 Å². The molecule has 2 N–H and O–H groups in total. The third-order valence-corrected chi connectivity index (χ3v) is 6.06. The number of nitrogens with one attached hydrogen (secondary N) is 2. The number of hydrogen-bond donors (Lipinski definition) is 2. The molecule has 0 bridgehead atoms. The lowest BCUT2D eigenvalue weighted by Gasteiger charge is -2.24. The van der Waals surface area contributed by atoms with Crippen LogP contribution in [0.1, 0.15) is 17.3 Å². The van der Waals surface area contributed by atoms with Gasteiger partial charge in [-0.05, 0) is 30.7 Å². The summed E-state index contributed by atoms with van der Waals surface area (Å²) in [6, 6.07) is 14.2. The number of H-pyrrole nitrogens is 1. The third-order valence-electron chi connectivity index (χ3n) is 4.59. The molecular formula is C18H17N3O3S. The van der Waals surface area contributed by atoms with E-state index < -0.39 is 15.7 Å². The van der Waals surface area contributed by atoms with E-state index in [1.54, 1.807) is 18.2 Å². The van der Waals surface area contributed by atoms with Gasteiger partial charge in [0, 0.05) is 28.4 Å². The molecule has 25 heavy (non-hydrogen) atoms. The standard InChI is InChI=1S/C18H17N3O3S/c22-21(23)16-7-3-4-8-17(16)25(24)11-15-18-13(9-10-19-15)12-5-1-2-6-14(12)20-18/h1-8,15,19-20H,9-11H2/t15-,25+/m0/s1. The Hall–Kier alpha value is -2.51. The highest BCUT2D eigenvalue weighted by molar-refractivity contribution is 7.85. The fourth-order valence-corrected chi connectivity index (χ4v) is 4.82. The number of fused-ring (bicyclic) bond motifs is 3. The van der Waals surface area contributed by atoms with Crippen LogP contribution in [0.2, 0.25) is 0 Å². The second kappa shape index (κ2) is 6.42. The van der Waals surface area contributed by atoms with Gasteiger partial charge in [-0.25, -0.2) is 0 Å². The molecule has 0 saturated heterocycles. The molecule has 2 atom stereocenters. The lowest BCUT2D eigenvalue weighted by Crippen LogP contribution is -2.33. The maximum absolute atomic E-state index is 12.8. The third kappa shape index (κ3) is 2.85. The fraction of sp³-hybridized carbons (Fsp3) is 0.222. The van der Waals surface area contributed by atoms with E-state index in [2.05, 4.69) is 16.4 Å². The number of nitro groups is 1. The van der Waals surface area contributed by atoms with Crippen molar-refractivity contribution < 1.29 is 9.13 Å². The summed E-state index contributed by atoms with van der Waals surface area (Å²) in [5.41, 5.74) is 3.27. The van der Waals surface area contributed by atoms with Crippen molar-refractivity contribution in [1.82, 2.24) is 10.3 Å². The molecule has 0 amide bonds. The molecule has 2 heterocycles. The number of aromatic amines is 1. The number of para-hydroxylation sites is 2. The minimum atomic E-state index is -1.47. The second-order valence-corrected chi connectivity index (χ2v) is 7.52. The summed E-state index contributed by atoms with van der Waals surface area (Å²) in [5, 5.41) is 15.8. The average Bonchev–Trinajstić information content (AvgIpc) is 3.01. The van der Waals surface area contributed by atoms with Crippen molar-refractivity contribution in [2.75, 3.05) is 12.3 Å². The number of hydrogen-bond acceptors (Lipinski definition) is 4. The molecular weight excluding hydrogens is 338 g/mol. The molecule has 128 valence electrons. The number of benzene rings is 2. The number of rotatable bonds is 4. The Morgan fingerprint density at radius 1 is 1.16 bits per heavy atom. The first-order chi connectivity index (χ1) is 12.1. The molecule has 4 rings (SSSR count). The predicted octanol–water partition coefficient (Wildman–Crippen LogP) is 3.07. The molecule has 1 aliphatic rings. The summed E-state index contributed by atoms with van der Waals surface area (Å²) >= 11 is 0. The number of aromatic nitrogens is 1. The smallest absolute Gasteiger partial charge is 0.285 e. The molecule has 0 spiro atoms. The maximum atomic E-state index is 12.8. The van der Waals surface area contributed by atoms with Gasteiger partial charge in [-0.1, -0.05) is 30.3 Å². The summed E-state index contributed by atoms with van der Waals surface area (Å²) in [6.07, 6.45) is 0.911. The molecule has 1 aliphatic heterocycles. The first-order valence-electron chi connectivity index (χ1n) is 8.10. The quantitative estimate of drug-likeness (QED) is 0.556. The zero-order valence-corrected chi connectivity index (χ0v) is 14.2. The van der Waals surface area contributed by atoms with Crippen LogP contribution in [0.4, 0.5) is 5.69 Å². The van der Waals surface area contributed by atoms with Gasteiger partial charge in [-0.3, -0.25) is 14.3 Å². The molecule has 0 aliphatic carbocycles. The Labute approximate surface area is 146 Å². The van der Waals surface area contributed by atoms with Crippen molar-refractivity contribution in [1.29, 1.82) is 0 Å². The van der Waals surface area contributed by atoms with Crippen molar-refractivity contribution >= 4 is 27.4 Å². The minimum Gasteiger partial charge on any atom is -0.357 e. The monoisotopic (exact) mass is 355 g/mol. The van der Waals surface area contributed by atoms with Gasteiger partial charge in [0.05, 0.1) is 21.8 Å². The number of nitro benzene ring substituents is 1. The van der Waals surface area contributed by atoms with Gasteiger partial charge in [0.2, 0.25) is 0 Å². The highest BCUT2D eigenvalue weighted by atomic mass is 32.2. The SMILES string of the molecule is O=[N+]([O-])c1ccccc1[S@](=O)C[C@@H]1NCCc2c1[nH]c1ccccc21. The van der Waals surface area contributed by atoms with Crippen LogP contribution in [0.25, 0.3) is 10.9 Å². The van der Waals surface area contributed by atoms with Gasteiger partial charge in [0.25, 0.3) is 5.69 Å². The van der Waals surface area contributed by atoms with Crippen molar-refractivity contribution in [3.05, 3.63) is 69.9 Å². The lowest BCUT2D eigenvalue weighted by molar-refractivity contribution is -0.387. The summed E-state index contributed by atoms with van der Waals surface area (Å²) in [4.78, 5) is 14.4. The van der Waals surface area contributed by atoms with Crippen LogP contribution in [0, 0.1) is 10.1 Å². The van der Waals surface area contributed by atoms with E-state index in [-0.39, 0.29) is 16.6 Å². The van der Waals surface area contributed by atoms with E-state index in [1.165, 1.54) is 17.0 Å². The first-order valence-corrected chi connectivity index (χ1v) is 9.41. The maximum Gasteiger partial charge on any atom is 0.285 e. The Morgan fingerprint density at radius 3 is 2.76 bits per heavy atom. The van der Waals surface area contributed by atoms with E-state index >= 15 is 0 Å². The lowest BCUT2D eigenvalue weighted by atomic mass is 10.0. The van der Waals surface area contributed by atoms with Gasteiger partial charge in [0.15, 0.2) is 0 Å². The van der Waals surface area contributed by atoms with Crippen molar-refractivity contribution in [3.8, 4) is 0 Å². The van der Waals surface area contributed by atoms with E-state index in [0.29, 0.717) is 5.75 Å². The van der Waals surface area contributed by atoms with Crippen LogP contribution in [0.3, 0.4) is 0 Å². The summed E-state index contributed by atoms with van der Waals surface area (Å²) in [5.74, 6) is 0.296. The van der Waals surface area contributed by atoms with Crippen LogP contribution < -0.4 is 5.32 Å². The largest absolute Gasteiger partial charge is 0.357 e. The fourth-order valence-electron chi connectivity index (χ4n) is 3.45. The highest BCUT2D eigenvalue weighted by Gasteiger charge is 2.27.